The average Bonchev–Trinajstić information content (AvgIpc) is 2.50. The molecule has 0 atom stereocenters. The zero-order chi connectivity index (χ0) is 16.7. The van der Waals surface area contributed by atoms with Crippen LogP contribution in [0.4, 0.5) is 0 Å². The quantitative estimate of drug-likeness (QED) is 0.775. The molecule has 0 spiro atoms. The van der Waals surface area contributed by atoms with Gasteiger partial charge in [-0.1, -0.05) is 12.1 Å². The Morgan fingerprint density at radius 2 is 1.61 bits per heavy atom. The molecule has 5 nitrogen and oxygen atoms in total. The van der Waals surface area contributed by atoms with E-state index in [9.17, 15) is 24.6 Å². The summed E-state index contributed by atoms with van der Waals surface area (Å²) in [5.74, 6) is -1.56. The number of fused-ring (bicyclic) bond motifs is 2. The normalized spacial score (nSPS) is 12.7. The number of aromatic hydroxyl groups is 2. The van der Waals surface area contributed by atoms with Crippen LogP contribution in [0.2, 0.25) is 0 Å². The number of Topliss-reactive ketones (excluding diaryl/α,β-unsaturated/α-hetero) is 1. The number of hydrogen-bond donors (Lipinski definition) is 2. The van der Waals surface area contributed by atoms with Crippen LogP contribution in [-0.4, -0.2) is 27.6 Å². The third-order valence-electron chi connectivity index (χ3n) is 3.93. The topological polar surface area (TPSA) is 91.7 Å². The van der Waals surface area contributed by atoms with Crippen molar-refractivity contribution in [3.63, 3.8) is 0 Å². The summed E-state index contributed by atoms with van der Waals surface area (Å²) in [7, 11) is 0. The molecule has 2 N–H and O–H groups in total. The molecule has 0 bridgehead atoms. The van der Waals surface area contributed by atoms with Gasteiger partial charge in [0.1, 0.15) is 17.3 Å². The molecule has 0 unspecified atom stereocenters. The van der Waals surface area contributed by atoms with Crippen LogP contribution in [0, 0.1) is 0 Å². The summed E-state index contributed by atoms with van der Waals surface area (Å²) < 4.78 is 0. The van der Waals surface area contributed by atoms with E-state index in [2.05, 4.69) is 0 Å². The fourth-order valence-electron chi connectivity index (χ4n) is 2.80. The van der Waals surface area contributed by atoms with Gasteiger partial charge in [-0.2, -0.15) is 0 Å². The van der Waals surface area contributed by atoms with Crippen molar-refractivity contribution in [1.82, 2.24) is 0 Å². The molecule has 1 aliphatic rings. The lowest BCUT2D eigenvalue weighted by Gasteiger charge is -2.20. The van der Waals surface area contributed by atoms with Crippen molar-refractivity contribution in [1.29, 1.82) is 0 Å². The zero-order valence-corrected chi connectivity index (χ0v) is 12.4. The molecule has 0 aromatic heterocycles. The highest BCUT2D eigenvalue weighted by Crippen LogP contribution is 2.37. The lowest BCUT2D eigenvalue weighted by Crippen LogP contribution is -2.21. The van der Waals surface area contributed by atoms with Crippen LogP contribution in [-0.2, 0) is 11.2 Å². The van der Waals surface area contributed by atoms with E-state index in [0.29, 0.717) is 12.0 Å². The van der Waals surface area contributed by atoms with Gasteiger partial charge in [0, 0.05) is 17.5 Å². The van der Waals surface area contributed by atoms with Gasteiger partial charge in [0.2, 0.25) is 0 Å². The van der Waals surface area contributed by atoms with Crippen LogP contribution in [0.3, 0.4) is 0 Å². The fraction of sp³-hybridized carbons (Fsp3) is 0.167. The lowest BCUT2D eigenvalue weighted by molar-refractivity contribution is -0.116. The van der Waals surface area contributed by atoms with Crippen molar-refractivity contribution in [2.24, 2.45) is 0 Å². The molecule has 0 radical (unpaired) electrons. The summed E-state index contributed by atoms with van der Waals surface area (Å²) >= 11 is 0. The van der Waals surface area contributed by atoms with Crippen LogP contribution >= 0.6 is 0 Å². The molecular weight excluding hydrogens is 296 g/mol. The van der Waals surface area contributed by atoms with Crippen LogP contribution < -0.4 is 0 Å². The Labute approximate surface area is 132 Å². The van der Waals surface area contributed by atoms with Crippen molar-refractivity contribution in [3.05, 3.63) is 58.1 Å². The van der Waals surface area contributed by atoms with Crippen LogP contribution in [0.1, 0.15) is 50.8 Å². The van der Waals surface area contributed by atoms with Gasteiger partial charge < -0.3 is 15.0 Å². The number of rotatable bonds is 3. The first-order valence-corrected chi connectivity index (χ1v) is 7.17. The maximum atomic E-state index is 12.6. The maximum absolute atomic E-state index is 12.6. The fourth-order valence-corrected chi connectivity index (χ4v) is 2.80. The van der Waals surface area contributed by atoms with E-state index in [0.717, 1.165) is 0 Å². The highest BCUT2D eigenvalue weighted by molar-refractivity contribution is 6.30. The second kappa shape index (κ2) is 5.35. The standard InChI is InChI=1S/C18H14O5/c1-9(19)5-6-10-7-12-16(14(21)8-10)17(22)11-3-2-4-13(20)15(11)18(12)23/h2-4,7-8,20-21H,5-6H2,1H3. The Kier molecular flexibility index (Phi) is 3.48. The summed E-state index contributed by atoms with van der Waals surface area (Å²) in [6, 6.07) is 7.17. The van der Waals surface area contributed by atoms with E-state index in [4.69, 9.17) is 0 Å². The van der Waals surface area contributed by atoms with Crippen LogP contribution in [0.15, 0.2) is 30.3 Å². The molecule has 116 valence electrons. The number of phenolic OH excluding ortho intramolecular Hbond substituents is 2. The molecule has 23 heavy (non-hydrogen) atoms. The first-order chi connectivity index (χ1) is 10.9. The molecule has 0 fully saturated rings. The smallest absolute Gasteiger partial charge is 0.198 e. The van der Waals surface area contributed by atoms with Crippen LogP contribution in [0.5, 0.6) is 11.5 Å². The van der Waals surface area contributed by atoms with E-state index < -0.39 is 11.6 Å². The van der Waals surface area contributed by atoms with Crippen molar-refractivity contribution in [2.45, 2.75) is 19.8 Å². The Balaban J connectivity index is 2.16. The summed E-state index contributed by atoms with van der Waals surface area (Å²) in [5.41, 5.74) is 0.626. The number of hydrogen-bond acceptors (Lipinski definition) is 5. The number of phenols is 2. The molecule has 3 rings (SSSR count). The first-order valence-electron chi connectivity index (χ1n) is 7.17. The molecule has 0 saturated carbocycles. The highest BCUT2D eigenvalue weighted by Gasteiger charge is 2.34. The van der Waals surface area contributed by atoms with E-state index >= 15 is 0 Å². The number of carbonyl (C=O) groups is 3. The molecule has 2 aromatic carbocycles. The molecule has 2 aromatic rings. The zero-order valence-electron chi connectivity index (χ0n) is 12.4. The van der Waals surface area contributed by atoms with Gasteiger partial charge in [0.15, 0.2) is 11.6 Å². The van der Waals surface area contributed by atoms with E-state index in [-0.39, 0.29) is 46.0 Å². The molecule has 5 heteroatoms. The SMILES string of the molecule is CC(=O)CCc1cc(O)c2c(c1)C(=O)c1c(O)cccc1C2=O. The maximum Gasteiger partial charge on any atom is 0.198 e. The third kappa shape index (κ3) is 2.40. The second-order valence-electron chi connectivity index (χ2n) is 5.60. The molecule has 0 saturated heterocycles. The van der Waals surface area contributed by atoms with Gasteiger partial charge in [-0.25, -0.2) is 0 Å². The minimum atomic E-state index is -0.507. The van der Waals surface area contributed by atoms with Crippen molar-refractivity contribution in [2.75, 3.05) is 0 Å². The van der Waals surface area contributed by atoms with E-state index in [1.165, 1.54) is 37.3 Å². The van der Waals surface area contributed by atoms with E-state index in [1.807, 2.05) is 0 Å². The van der Waals surface area contributed by atoms with Crippen LogP contribution in [0.25, 0.3) is 0 Å². The number of aryl methyl sites for hydroxylation is 1. The largest absolute Gasteiger partial charge is 0.507 e. The Hall–Kier alpha value is -2.95. The van der Waals surface area contributed by atoms with Gasteiger partial charge in [-0.05, 0) is 37.1 Å². The average molecular weight is 310 g/mol. The summed E-state index contributed by atoms with van der Waals surface area (Å²) in [6.07, 6.45) is 0.646. The van der Waals surface area contributed by atoms with Gasteiger partial charge in [0.25, 0.3) is 0 Å². The molecular formula is C18H14O5. The summed E-state index contributed by atoms with van der Waals surface area (Å²) in [4.78, 5) is 36.3. The van der Waals surface area contributed by atoms with Crippen molar-refractivity contribution >= 4 is 17.3 Å². The van der Waals surface area contributed by atoms with Gasteiger partial charge >= 0.3 is 0 Å². The first kappa shape index (κ1) is 15.0. The minimum absolute atomic E-state index is 0.00685. The summed E-state index contributed by atoms with van der Waals surface area (Å²) in [5, 5.41) is 20.1. The minimum Gasteiger partial charge on any atom is -0.507 e. The molecule has 0 amide bonds. The van der Waals surface area contributed by atoms with Crippen molar-refractivity contribution < 1.29 is 24.6 Å². The molecule has 0 aliphatic heterocycles. The predicted molar refractivity (Wildman–Crippen MR) is 82.1 cm³/mol. The Morgan fingerprint density at radius 1 is 0.957 bits per heavy atom. The second-order valence-corrected chi connectivity index (χ2v) is 5.60. The lowest BCUT2D eigenvalue weighted by atomic mass is 9.82. The summed E-state index contributed by atoms with van der Waals surface area (Å²) in [6.45, 7) is 1.46. The predicted octanol–water partition coefficient (Wildman–Crippen LogP) is 2.39. The number of ketones is 3. The third-order valence-corrected chi connectivity index (χ3v) is 3.93. The van der Waals surface area contributed by atoms with Crippen molar-refractivity contribution in [3.8, 4) is 11.5 Å². The number of benzene rings is 2. The molecule has 1 aliphatic carbocycles. The van der Waals surface area contributed by atoms with Gasteiger partial charge in [-0.3, -0.25) is 9.59 Å². The van der Waals surface area contributed by atoms with Gasteiger partial charge in [-0.15, -0.1) is 0 Å². The number of carbonyl (C=O) groups excluding carboxylic acids is 3. The Bertz CT molecular complexity index is 864. The van der Waals surface area contributed by atoms with Gasteiger partial charge in [0.05, 0.1) is 11.1 Å². The molecule has 0 heterocycles. The Morgan fingerprint density at radius 3 is 2.30 bits per heavy atom. The monoisotopic (exact) mass is 310 g/mol. The van der Waals surface area contributed by atoms with E-state index in [1.54, 1.807) is 0 Å². The highest BCUT2D eigenvalue weighted by atomic mass is 16.3.